The van der Waals surface area contributed by atoms with Crippen LogP contribution < -0.4 is 10.6 Å². The third-order valence-electron chi connectivity index (χ3n) is 4.04. The van der Waals surface area contributed by atoms with Crippen molar-refractivity contribution in [1.29, 1.82) is 0 Å². The molecular weight excluding hydrogens is 248 g/mol. The van der Waals surface area contributed by atoms with Crippen LogP contribution in [0.3, 0.4) is 0 Å². The SMILES string of the molecule is CCC(N)Cc1ccc2c(c1)CCCN2C(=O)C(C)C. The Hall–Kier alpha value is -1.35. The van der Waals surface area contributed by atoms with Gasteiger partial charge in [0.25, 0.3) is 0 Å². The van der Waals surface area contributed by atoms with Crippen LogP contribution in [0.25, 0.3) is 0 Å². The molecule has 1 amide bonds. The van der Waals surface area contributed by atoms with Crippen LogP contribution in [0.4, 0.5) is 5.69 Å². The monoisotopic (exact) mass is 274 g/mol. The van der Waals surface area contributed by atoms with Gasteiger partial charge in [-0.1, -0.05) is 32.9 Å². The van der Waals surface area contributed by atoms with E-state index < -0.39 is 0 Å². The molecule has 1 atom stereocenters. The molecule has 1 unspecified atom stereocenters. The summed E-state index contributed by atoms with van der Waals surface area (Å²) >= 11 is 0. The number of nitrogens with zero attached hydrogens (tertiary/aromatic N) is 1. The first-order valence-corrected chi connectivity index (χ1v) is 7.71. The molecule has 3 heteroatoms. The van der Waals surface area contributed by atoms with E-state index in [0.717, 1.165) is 37.9 Å². The molecule has 1 aromatic rings. The molecule has 0 fully saturated rings. The van der Waals surface area contributed by atoms with Crippen LogP contribution in [0.5, 0.6) is 0 Å². The Morgan fingerprint density at radius 2 is 2.15 bits per heavy atom. The van der Waals surface area contributed by atoms with Gasteiger partial charge >= 0.3 is 0 Å². The Labute approximate surface area is 122 Å². The van der Waals surface area contributed by atoms with Gasteiger partial charge in [0.2, 0.25) is 5.91 Å². The summed E-state index contributed by atoms with van der Waals surface area (Å²) in [7, 11) is 0. The average molecular weight is 274 g/mol. The maximum Gasteiger partial charge on any atom is 0.229 e. The zero-order valence-corrected chi connectivity index (χ0v) is 12.9. The molecule has 2 N–H and O–H groups in total. The minimum atomic E-state index is 0.0501. The maximum atomic E-state index is 12.3. The van der Waals surface area contributed by atoms with Crippen molar-refractivity contribution in [3.8, 4) is 0 Å². The van der Waals surface area contributed by atoms with Crippen LogP contribution >= 0.6 is 0 Å². The van der Waals surface area contributed by atoms with Crippen LogP contribution in [-0.4, -0.2) is 18.5 Å². The Balaban J connectivity index is 2.24. The van der Waals surface area contributed by atoms with Crippen molar-refractivity contribution < 1.29 is 4.79 Å². The van der Waals surface area contributed by atoms with E-state index in [1.807, 2.05) is 18.7 Å². The van der Waals surface area contributed by atoms with E-state index in [4.69, 9.17) is 5.73 Å². The second-order valence-corrected chi connectivity index (χ2v) is 6.08. The quantitative estimate of drug-likeness (QED) is 0.917. The zero-order chi connectivity index (χ0) is 14.7. The van der Waals surface area contributed by atoms with Crippen LogP contribution in [-0.2, 0) is 17.6 Å². The molecule has 2 rings (SSSR count). The van der Waals surface area contributed by atoms with Crippen LogP contribution in [0.1, 0.15) is 44.7 Å². The molecule has 1 aromatic carbocycles. The summed E-state index contributed by atoms with van der Waals surface area (Å²) in [6, 6.07) is 6.70. The van der Waals surface area contributed by atoms with E-state index in [1.54, 1.807) is 0 Å². The minimum Gasteiger partial charge on any atom is -0.327 e. The summed E-state index contributed by atoms with van der Waals surface area (Å²) < 4.78 is 0. The summed E-state index contributed by atoms with van der Waals surface area (Å²) in [6.45, 7) is 6.89. The van der Waals surface area contributed by atoms with Crippen molar-refractivity contribution in [1.82, 2.24) is 0 Å². The van der Waals surface area contributed by atoms with Crippen molar-refractivity contribution in [2.24, 2.45) is 11.7 Å². The first-order valence-electron chi connectivity index (χ1n) is 7.71. The molecule has 1 heterocycles. The number of fused-ring (bicyclic) bond motifs is 1. The number of amides is 1. The number of hydrogen-bond donors (Lipinski definition) is 1. The average Bonchev–Trinajstić information content (AvgIpc) is 2.45. The number of carbonyl (C=O) groups is 1. The normalized spacial score (nSPS) is 16.1. The summed E-state index contributed by atoms with van der Waals surface area (Å²) in [6.07, 6.45) is 4.03. The Bertz CT molecular complexity index is 482. The molecule has 0 bridgehead atoms. The molecule has 0 spiro atoms. The summed E-state index contributed by atoms with van der Waals surface area (Å²) in [5.41, 5.74) is 9.72. The second-order valence-electron chi connectivity index (χ2n) is 6.08. The van der Waals surface area contributed by atoms with Gasteiger partial charge < -0.3 is 10.6 Å². The molecule has 0 radical (unpaired) electrons. The molecule has 3 nitrogen and oxygen atoms in total. The third kappa shape index (κ3) is 3.21. The van der Waals surface area contributed by atoms with Crippen molar-refractivity contribution in [3.63, 3.8) is 0 Å². The highest BCUT2D eigenvalue weighted by atomic mass is 16.2. The lowest BCUT2D eigenvalue weighted by molar-refractivity contribution is -0.121. The fourth-order valence-corrected chi connectivity index (χ4v) is 2.77. The lowest BCUT2D eigenvalue weighted by Crippen LogP contribution is -2.38. The van der Waals surface area contributed by atoms with E-state index in [9.17, 15) is 4.79 Å². The van der Waals surface area contributed by atoms with Crippen LogP contribution in [0, 0.1) is 5.92 Å². The van der Waals surface area contributed by atoms with Crippen molar-refractivity contribution >= 4 is 11.6 Å². The highest BCUT2D eigenvalue weighted by Crippen LogP contribution is 2.29. The molecule has 0 aliphatic carbocycles. The Kier molecular flexibility index (Phi) is 4.81. The molecule has 1 aliphatic rings. The number of anilines is 1. The van der Waals surface area contributed by atoms with Gasteiger partial charge in [-0.25, -0.2) is 0 Å². The van der Waals surface area contributed by atoms with Gasteiger partial charge in [-0.15, -0.1) is 0 Å². The number of carbonyl (C=O) groups excluding carboxylic acids is 1. The predicted octanol–water partition coefficient (Wildman–Crippen LogP) is 2.90. The smallest absolute Gasteiger partial charge is 0.229 e. The molecule has 0 saturated carbocycles. The molecule has 20 heavy (non-hydrogen) atoms. The van der Waals surface area contributed by atoms with Gasteiger partial charge in [-0.2, -0.15) is 0 Å². The van der Waals surface area contributed by atoms with Crippen molar-refractivity contribution in [3.05, 3.63) is 29.3 Å². The summed E-state index contributed by atoms with van der Waals surface area (Å²) in [5, 5.41) is 0. The number of benzene rings is 1. The minimum absolute atomic E-state index is 0.0501. The van der Waals surface area contributed by atoms with Gasteiger partial charge in [0.05, 0.1) is 0 Å². The number of aryl methyl sites for hydroxylation is 1. The number of nitrogens with two attached hydrogens (primary N) is 1. The highest BCUT2D eigenvalue weighted by Gasteiger charge is 2.24. The van der Waals surface area contributed by atoms with Crippen molar-refractivity contribution in [2.45, 2.75) is 52.5 Å². The van der Waals surface area contributed by atoms with Gasteiger partial charge in [0.1, 0.15) is 0 Å². The Morgan fingerprint density at radius 1 is 1.40 bits per heavy atom. The number of hydrogen-bond acceptors (Lipinski definition) is 2. The lowest BCUT2D eigenvalue weighted by atomic mass is 9.95. The van der Waals surface area contributed by atoms with Crippen LogP contribution in [0.15, 0.2) is 18.2 Å². The zero-order valence-electron chi connectivity index (χ0n) is 12.9. The largest absolute Gasteiger partial charge is 0.327 e. The standard InChI is InChI=1S/C17H26N2O/c1-4-15(18)11-13-7-8-16-14(10-13)6-5-9-19(16)17(20)12(2)3/h7-8,10,12,15H,4-6,9,11,18H2,1-3H3. The number of rotatable bonds is 4. The topological polar surface area (TPSA) is 46.3 Å². The maximum absolute atomic E-state index is 12.3. The summed E-state index contributed by atoms with van der Waals surface area (Å²) in [4.78, 5) is 14.2. The van der Waals surface area contributed by atoms with E-state index in [1.165, 1.54) is 11.1 Å². The molecular formula is C17H26N2O. The van der Waals surface area contributed by atoms with Crippen LogP contribution in [0.2, 0.25) is 0 Å². The summed E-state index contributed by atoms with van der Waals surface area (Å²) in [5.74, 6) is 0.276. The van der Waals surface area contributed by atoms with Gasteiger partial charge in [-0.3, -0.25) is 4.79 Å². The van der Waals surface area contributed by atoms with E-state index >= 15 is 0 Å². The predicted molar refractivity (Wildman–Crippen MR) is 83.9 cm³/mol. The van der Waals surface area contributed by atoms with E-state index in [-0.39, 0.29) is 17.9 Å². The second kappa shape index (κ2) is 6.40. The third-order valence-corrected chi connectivity index (χ3v) is 4.04. The lowest BCUT2D eigenvalue weighted by Gasteiger charge is -2.31. The van der Waals surface area contributed by atoms with E-state index in [0.29, 0.717) is 0 Å². The molecule has 0 saturated heterocycles. The molecule has 1 aliphatic heterocycles. The van der Waals surface area contributed by atoms with Gasteiger partial charge in [-0.05, 0) is 42.9 Å². The first-order chi connectivity index (χ1) is 9.52. The molecule has 110 valence electrons. The first kappa shape index (κ1) is 15.0. The fourth-order valence-electron chi connectivity index (χ4n) is 2.77. The van der Waals surface area contributed by atoms with Crippen molar-refractivity contribution in [2.75, 3.05) is 11.4 Å². The van der Waals surface area contributed by atoms with Gasteiger partial charge in [0.15, 0.2) is 0 Å². The highest BCUT2D eigenvalue weighted by molar-refractivity contribution is 5.95. The Morgan fingerprint density at radius 3 is 2.80 bits per heavy atom. The van der Waals surface area contributed by atoms with E-state index in [2.05, 4.69) is 25.1 Å². The fraction of sp³-hybridized carbons (Fsp3) is 0.588. The molecule has 0 aromatic heterocycles. The van der Waals surface area contributed by atoms with Gasteiger partial charge in [0, 0.05) is 24.2 Å².